The van der Waals surface area contributed by atoms with Crippen LogP contribution in [0.25, 0.3) is 0 Å². The largest absolute Gasteiger partial charge is 0.313 e. The fourth-order valence-corrected chi connectivity index (χ4v) is 2.95. The molecule has 4 heteroatoms. The molecule has 0 aliphatic heterocycles. The second-order valence-electron chi connectivity index (χ2n) is 4.30. The van der Waals surface area contributed by atoms with Crippen LogP contribution in [0.2, 0.25) is 10.0 Å². The smallest absolute Gasteiger partial charge is 0.0438 e. The van der Waals surface area contributed by atoms with E-state index in [0.717, 1.165) is 32.1 Å². The van der Waals surface area contributed by atoms with Gasteiger partial charge < -0.3 is 5.32 Å². The van der Waals surface area contributed by atoms with Crippen LogP contribution in [-0.4, -0.2) is 7.05 Å². The van der Waals surface area contributed by atoms with Crippen molar-refractivity contribution in [1.82, 2.24) is 5.32 Å². The van der Waals surface area contributed by atoms with E-state index in [0.29, 0.717) is 0 Å². The van der Waals surface area contributed by atoms with E-state index >= 15 is 0 Å². The zero-order valence-corrected chi connectivity index (χ0v) is 13.6. The number of likely N-dealkylation sites (N-methyl/N-ethyl adjacent to an activating group) is 1. The van der Waals surface area contributed by atoms with E-state index in [-0.39, 0.29) is 6.04 Å². The molecule has 19 heavy (non-hydrogen) atoms. The van der Waals surface area contributed by atoms with Gasteiger partial charge in [-0.15, -0.1) is 0 Å². The van der Waals surface area contributed by atoms with E-state index < -0.39 is 0 Å². The molecule has 2 aromatic carbocycles. The highest BCUT2D eigenvalue weighted by atomic mass is 79.9. The summed E-state index contributed by atoms with van der Waals surface area (Å²) in [6.45, 7) is 0. The highest BCUT2D eigenvalue weighted by Gasteiger charge is 2.15. The molecule has 1 unspecified atom stereocenters. The van der Waals surface area contributed by atoms with Crippen LogP contribution in [-0.2, 0) is 6.42 Å². The fraction of sp³-hybridized carbons (Fsp3) is 0.200. The molecule has 0 aromatic heterocycles. The molecule has 1 nitrogen and oxygen atoms in total. The van der Waals surface area contributed by atoms with Gasteiger partial charge in [0.1, 0.15) is 0 Å². The molecule has 1 atom stereocenters. The number of halogens is 3. The van der Waals surface area contributed by atoms with Gasteiger partial charge in [0.25, 0.3) is 0 Å². The molecule has 0 bridgehead atoms. The predicted octanol–water partition coefficient (Wildman–Crippen LogP) is 5.26. The van der Waals surface area contributed by atoms with Gasteiger partial charge in [0.05, 0.1) is 0 Å². The number of rotatable bonds is 4. The Hall–Kier alpha value is -0.540. The van der Waals surface area contributed by atoms with E-state index in [1.54, 1.807) is 0 Å². The molecule has 0 heterocycles. The molecule has 0 radical (unpaired) electrons. The third-order valence-corrected chi connectivity index (χ3v) is 4.39. The maximum Gasteiger partial charge on any atom is 0.0438 e. The van der Waals surface area contributed by atoms with Crippen molar-refractivity contribution in [2.24, 2.45) is 0 Å². The lowest BCUT2D eigenvalue weighted by molar-refractivity contribution is 0.590. The Labute approximate surface area is 132 Å². The van der Waals surface area contributed by atoms with Crippen molar-refractivity contribution in [3.8, 4) is 0 Å². The standard InChI is InChI=1S/C15H14BrCl2N/c1-19-15(8-10-4-2-3-5-14(10)18)12-9-11(17)6-7-13(12)16/h2-7,9,15,19H,8H2,1H3. The first-order valence-corrected chi connectivity index (χ1v) is 7.52. The minimum atomic E-state index is 0.160. The van der Waals surface area contributed by atoms with Gasteiger partial charge in [0.15, 0.2) is 0 Å². The molecule has 0 spiro atoms. The van der Waals surface area contributed by atoms with Gasteiger partial charge in [-0.25, -0.2) is 0 Å². The molecule has 0 aliphatic carbocycles. The van der Waals surface area contributed by atoms with Crippen molar-refractivity contribution in [3.63, 3.8) is 0 Å². The van der Waals surface area contributed by atoms with Crippen LogP contribution >= 0.6 is 39.1 Å². The molecule has 0 saturated heterocycles. The van der Waals surface area contributed by atoms with Gasteiger partial charge >= 0.3 is 0 Å². The van der Waals surface area contributed by atoms with E-state index in [1.165, 1.54) is 0 Å². The summed E-state index contributed by atoms with van der Waals surface area (Å²) in [6, 6.07) is 13.9. The van der Waals surface area contributed by atoms with Crippen LogP contribution in [0, 0.1) is 0 Å². The number of hydrogen-bond donors (Lipinski definition) is 1. The number of nitrogens with one attached hydrogen (secondary N) is 1. The number of benzene rings is 2. The molecule has 2 aromatic rings. The Kier molecular flexibility index (Phi) is 5.28. The highest BCUT2D eigenvalue weighted by molar-refractivity contribution is 9.10. The Morgan fingerprint density at radius 2 is 1.89 bits per heavy atom. The van der Waals surface area contributed by atoms with Crippen LogP contribution in [0.5, 0.6) is 0 Å². The summed E-state index contributed by atoms with van der Waals surface area (Å²) < 4.78 is 1.04. The third-order valence-electron chi connectivity index (χ3n) is 3.06. The predicted molar refractivity (Wildman–Crippen MR) is 86.1 cm³/mol. The molecule has 100 valence electrons. The molecule has 0 aliphatic rings. The zero-order chi connectivity index (χ0) is 13.8. The van der Waals surface area contributed by atoms with Crippen LogP contribution in [0.15, 0.2) is 46.9 Å². The van der Waals surface area contributed by atoms with Gasteiger partial charge in [-0.2, -0.15) is 0 Å². The number of hydrogen-bond acceptors (Lipinski definition) is 1. The summed E-state index contributed by atoms with van der Waals surface area (Å²) in [5, 5.41) is 4.84. The van der Waals surface area contributed by atoms with E-state index in [4.69, 9.17) is 23.2 Å². The molecule has 0 saturated carbocycles. The van der Waals surface area contributed by atoms with Crippen molar-refractivity contribution in [1.29, 1.82) is 0 Å². The first-order chi connectivity index (χ1) is 9.11. The Balaban J connectivity index is 2.30. The molecular weight excluding hydrogens is 345 g/mol. The summed E-state index contributed by atoms with van der Waals surface area (Å²) in [7, 11) is 1.94. The van der Waals surface area contributed by atoms with Crippen molar-refractivity contribution >= 4 is 39.1 Å². The lowest BCUT2D eigenvalue weighted by atomic mass is 9.99. The minimum absolute atomic E-state index is 0.160. The molecule has 0 fully saturated rings. The van der Waals surface area contributed by atoms with E-state index in [9.17, 15) is 0 Å². The lowest BCUT2D eigenvalue weighted by Crippen LogP contribution is -2.19. The highest BCUT2D eigenvalue weighted by Crippen LogP contribution is 2.30. The molecule has 0 amide bonds. The Morgan fingerprint density at radius 3 is 2.58 bits per heavy atom. The second-order valence-corrected chi connectivity index (χ2v) is 6.00. The van der Waals surface area contributed by atoms with Crippen molar-refractivity contribution in [2.45, 2.75) is 12.5 Å². The monoisotopic (exact) mass is 357 g/mol. The topological polar surface area (TPSA) is 12.0 Å². The van der Waals surface area contributed by atoms with Gasteiger partial charge in [0, 0.05) is 20.6 Å². The first kappa shape index (κ1) is 14.9. The summed E-state index contributed by atoms with van der Waals surface area (Å²) in [4.78, 5) is 0. The van der Waals surface area contributed by atoms with Gasteiger partial charge in [-0.3, -0.25) is 0 Å². The minimum Gasteiger partial charge on any atom is -0.313 e. The fourth-order valence-electron chi connectivity index (χ4n) is 2.03. The van der Waals surface area contributed by atoms with Crippen LogP contribution < -0.4 is 5.32 Å². The van der Waals surface area contributed by atoms with Crippen molar-refractivity contribution in [2.75, 3.05) is 7.05 Å². The van der Waals surface area contributed by atoms with Crippen molar-refractivity contribution < 1.29 is 0 Å². The first-order valence-electron chi connectivity index (χ1n) is 5.97. The van der Waals surface area contributed by atoms with E-state index in [1.807, 2.05) is 49.5 Å². The average Bonchev–Trinajstić information content (AvgIpc) is 2.41. The van der Waals surface area contributed by atoms with Gasteiger partial charge in [-0.05, 0) is 48.9 Å². The Morgan fingerprint density at radius 1 is 1.16 bits per heavy atom. The lowest BCUT2D eigenvalue weighted by Gasteiger charge is -2.19. The van der Waals surface area contributed by atoms with Crippen molar-refractivity contribution in [3.05, 3.63) is 68.1 Å². The quantitative estimate of drug-likeness (QED) is 0.786. The SMILES string of the molecule is CNC(Cc1ccccc1Cl)c1cc(Cl)ccc1Br. The zero-order valence-electron chi connectivity index (χ0n) is 10.5. The third kappa shape index (κ3) is 3.73. The normalized spacial score (nSPS) is 12.4. The van der Waals surface area contributed by atoms with Crippen LogP contribution in [0.3, 0.4) is 0 Å². The van der Waals surface area contributed by atoms with Crippen LogP contribution in [0.1, 0.15) is 17.2 Å². The molecule has 1 N–H and O–H groups in total. The summed E-state index contributed by atoms with van der Waals surface area (Å²) >= 11 is 15.9. The maximum absolute atomic E-state index is 6.22. The molecular formula is C15H14BrCl2N. The summed E-state index contributed by atoms with van der Waals surface area (Å²) in [6.07, 6.45) is 0.815. The Bertz CT molecular complexity index is 572. The maximum atomic E-state index is 6.22. The molecule has 2 rings (SSSR count). The summed E-state index contributed by atoms with van der Waals surface area (Å²) in [5.74, 6) is 0. The van der Waals surface area contributed by atoms with Gasteiger partial charge in [-0.1, -0.05) is 57.3 Å². The average molecular weight is 359 g/mol. The van der Waals surface area contributed by atoms with Crippen LogP contribution in [0.4, 0.5) is 0 Å². The van der Waals surface area contributed by atoms with Gasteiger partial charge in [0.2, 0.25) is 0 Å². The second kappa shape index (κ2) is 6.76. The summed E-state index contributed by atoms with van der Waals surface area (Å²) in [5.41, 5.74) is 2.25. The van der Waals surface area contributed by atoms with E-state index in [2.05, 4.69) is 21.2 Å².